The summed E-state index contributed by atoms with van der Waals surface area (Å²) in [5, 5.41) is 0. The van der Waals surface area contributed by atoms with Gasteiger partial charge < -0.3 is 9.47 Å². The number of ether oxygens (including phenoxy) is 2. The Hall–Kier alpha value is -1.09. The summed E-state index contributed by atoms with van der Waals surface area (Å²) in [5.74, 6) is -0.0753. The van der Waals surface area contributed by atoms with Gasteiger partial charge in [0.15, 0.2) is 0 Å². The number of carbonyl (C=O) groups excluding carboxylic acids is 1. The van der Waals surface area contributed by atoms with E-state index in [2.05, 4.69) is 31.2 Å². The summed E-state index contributed by atoms with van der Waals surface area (Å²) in [6.07, 6.45) is 23.0. The smallest absolute Gasteiger partial charge is 0.306 e. The molecule has 1 saturated heterocycles. The second kappa shape index (κ2) is 15.2. The average Bonchev–Trinajstić information content (AvgIpc) is 3.43. The van der Waals surface area contributed by atoms with Crippen molar-refractivity contribution < 1.29 is 14.3 Å². The Labute approximate surface area is 154 Å². The zero-order valence-corrected chi connectivity index (χ0v) is 16.4. The molecule has 0 aromatic rings. The average molecular weight is 351 g/mol. The second-order valence-corrected chi connectivity index (χ2v) is 7.05. The van der Waals surface area contributed by atoms with Gasteiger partial charge in [-0.1, -0.05) is 63.3 Å². The molecule has 3 nitrogen and oxygen atoms in total. The van der Waals surface area contributed by atoms with Crippen LogP contribution in [0.25, 0.3) is 0 Å². The quantitative estimate of drug-likeness (QED) is 0.145. The van der Waals surface area contributed by atoms with Gasteiger partial charge in [0.1, 0.15) is 12.2 Å². The summed E-state index contributed by atoms with van der Waals surface area (Å²) in [7, 11) is 0. The summed E-state index contributed by atoms with van der Waals surface area (Å²) in [5.41, 5.74) is 0. The van der Waals surface area contributed by atoms with Crippen LogP contribution in [0, 0.1) is 0 Å². The van der Waals surface area contributed by atoms with Crippen LogP contribution in [0.5, 0.6) is 0 Å². The van der Waals surface area contributed by atoms with Crippen LogP contribution in [-0.2, 0) is 14.3 Å². The predicted octanol–water partition coefficient (Wildman–Crippen LogP) is 6.13. The lowest BCUT2D eigenvalue weighted by atomic mass is 10.1. The zero-order chi connectivity index (χ0) is 18.2. The first kappa shape index (κ1) is 22.0. The SMILES string of the molecule is CCCCCC=CCC=CCCCCCCCC(=O)OC(C)C1CO1. The molecular weight excluding hydrogens is 312 g/mol. The fourth-order valence-electron chi connectivity index (χ4n) is 2.75. The maximum absolute atomic E-state index is 11.6. The molecule has 0 amide bonds. The maximum Gasteiger partial charge on any atom is 0.306 e. The van der Waals surface area contributed by atoms with Gasteiger partial charge in [0.2, 0.25) is 0 Å². The highest BCUT2D eigenvalue weighted by Crippen LogP contribution is 2.17. The van der Waals surface area contributed by atoms with Crippen molar-refractivity contribution in [3.05, 3.63) is 24.3 Å². The van der Waals surface area contributed by atoms with E-state index in [0.717, 1.165) is 25.9 Å². The van der Waals surface area contributed by atoms with Gasteiger partial charge in [0, 0.05) is 6.42 Å². The van der Waals surface area contributed by atoms with Crippen molar-refractivity contribution in [3.8, 4) is 0 Å². The molecule has 1 aliphatic rings. The van der Waals surface area contributed by atoms with Crippen LogP contribution in [-0.4, -0.2) is 24.8 Å². The topological polar surface area (TPSA) is 38.8 Å². The largest absolute Gasteiger partial charge is 0.460 e. The Balaban J connectivity index is 1.80. The van der Waals surface area contributed by atoms with E-state index in [4.69, 9.17) is 9.47 Å². The molecule has 144 valence electrons. The number of hydrogen-bond donors (Lipinski definition) is 0. The first-order chi connectivity index (χ1) is 12.2. The molecular formula is C22H38O3. The van der Waals surface area contributed by atoms with Crippen molar-refractivity contribution in [2.75, 3.05) is 6.61 Å². The van der Waals surface area contributed by atoms with E-state index in [1.165, 1.54) is 51.4 Å². The third-order valence-corrected chi connectivity index (χ3v) is 4.53. The molecule has 0 N–H and O–H groups in total. The van der Waals surface area contributed by atoms with Crippen LogP contribution in [0.15, 0.2) is 24.3 Å². The minimum atomic E-state index is -0.0783. The molecule has 0 bridgehead atoms. The normalized spacial score (nSPS) is 18.1. The number of unbranched alkanes of at least 4 members (excludes halogenated alkanes) is 8. The molecule has 25 heavy (non-hydrogen) atoms. The van der Waals surface area contributed by atoms with E-state index in [1.807, 2.05) is 6.92 Å². The molecule has 0 saturated carbocycles. The summed E-state index contributed by atoms with van der Waals surface area (Å²) in [6, 6.07) is 0. The highest BCUT2D eigenvalue weighted by Gasteiger charge is 2.31. The van der Waals surface area contributed by atoms with E-state index in [1.54, 1.807) is 0 Å². The fraction of sp³-hybridized carbons (Fsp3) is 0.773. The molecule has 0 radical (unpaired) electrons. The van der Waals surface area contributed by atoms with E-state index in [9.17, 15) is 4.79 Å². The highest BCUT2D eigenvalue weighted by atomic mass is 16.6. The maximum atomic E-state index is 11.6. The van der Waals surface area contributed by atoms with Gasteiger partial charge in [-0.25, -0.2) is 0 Å². The Morgan fingerprint density at radius 2 is 1.60 bits per heavy atom. The van der Waals surface area contributed by atoms with Crippen LogP contribution in [0.2, 0.25) is 0 Å². The van der Waals surface area contributed by atoms with Crippen molar-refractivity contribution in [1.29, 1.82) is 0 Å². The minimum absolute atomic E-state index is 0.0753. The summed E-state index contributed by atoms with van der Waals surface area (Å²) < 4.78 is 10.4. The lowest BCUT2D eigenvalue weighted by Crippen LogP contribution is -2.19. The van der Waals surface area contributed by atoms with Gasteiger partial charge in [0.25, 0.3) is 0 Å². The Morgan fingerprint density at radius 3 is 2.24 bits per heavy atom. The lowest BCUT2D eigenvalue weighted by molar-refractivity contribution is -0.149. The Kier molecular flexibility index (Phi) is 13.3. The van der Waals surface area contributed by atoms with Gasteiger partial charge >= 0.3 is 5.97 Å². The highest BCUT2D eigenvalue weighted by molar-refractivity contribution is 5.69. The van der Waals surface area contributed by atoms with Gasteiger partial charge in [-0.2, -0.15) is 0 Å². The number of epoxide rings is 1. The van der Waals surface area contributed by atoms with Gasteiger partial charge in [0.05, 0.1) is 6.61 Å². The number of hydrogen-bond acceptors (Lipinski definition) is 3. The third-order valence-electron chi connectivity index (χ3n) is 4.53. The van der Waals surface area contributed by atoms with Crippen LogP contribution < -0.4 is 0 Å². The summed E-state index contributed by atoms with van der Waals surface area (Å²) in [4.78, 5) is 11.6. The molecule has 1 heterocycles. The molecule has 2 unspecified atom stereocenters. The van der Waals surface area contributed by atoms with E-state index < -0.39 is 0 Å². The van der Waals surface area contributed by atoms with Crippen molar-refractivity contribution in [3.63, 3.8) is 0 Å². The summed E-state index contributed by atoms with van der Waals surface area (Å²) >= 11 is 0. The Bertz CT molecular complexity index is 383. The zero-order valence-electron chi connectivity index (χ0n) is 16.4. The van der Waals surface area contributed by atoms with Crippen LogP contribution in [0.4, 0.5) is 0 Å². The van der Waals surface area contributed by atoms with Crippen molar-refractivity contribution in [2.24, 2.45) is 0 Å². The molecule has 0 spiro atoms. The van der Waals surface area contributed by atoms with Gasteiger partial charge in [-0.05, 0) is 45.4 Å². The number of allylic oxidation sites excluding steroid dienone is 4. The third kappa shape index (κ3) is 13.8. The van der Waals surface area contributed by atoms with Crippen molar-refractivity contribution in [2.45, 2.75) is 103 Å². The molecule has 0 aliphatic carbocycles. The van der Waals surface area contributed by atoms with Crippen molar-refractivity contribution in [1.82, 2.24) is 0 Å². The first-order valence-corrected chi connectivity index (χ1v) is 10.3. The molecule has 1 rings (SSSR count). The number of esters is 1. The molecule has 0 aromatic heterocycles. The molecule has 0 aromatic carbocycles. The Morgan fingerprint density at radius 1 is 1.00 bits per heavy atom. The van der Waals surface area contributed by atoms with Crippen LogP contribution in [0.1, 0.15) is 90.9 Å². The molecule has 3 heteroatoms. The predicted molar refractivity (Wildman–Crippen MR) is 105 cm³/mol. The van der Waals surface area contributed by atoms with Crippen molar-refractivity contribution >= 4 is 5.97 Å². The second-order valence-electron chi connectivity index (χ2n) is 7.05. The van der Waals surface area contributed by atoms with Crippen LogP contribution >= 0.6 is 0 Å². The van der Waals surface area contributed by atoms with E-state index in [-0.39, 0.29) is 18.2 Å². The number of rotatable bonds is 16. The minimum Gasteiger partial charge on any atom is -0.460 e. The summed E-state index contributed by atoms with van der Waals surface area (Å²) in [6.45, 7) is 4.89. The standard InChI is InChI=1S/C22H38O3/c1-3-4-5-6-7-8-9-10-11-12-13-14-15-16-17-18-22(23)25-20(2)21-19-24-21/h7-8,10-11,20-21H,3-6,9,12-19H2,1-2H3. The van der Waals surface area contributed by atoms with E-state index in [0.29, 0.717) is 6.42 Å². The van der Waals surface area contributed by atoms with Gasteiger partial charge in [-0.3, -0.25) is 4.79 Å². The van der Waals surface area contributed by atoms with Crippen LogP contribution in [0.3, 0.4) is 0 Å². The molecule has 1 fully saturated rings. The first-order valence-electron chi connectivity index (χ1n) is 10.3. The van der Waals surface area contributed by atoms with Gasteiger partial charge in [-0.15, -0.1) is 0 Å². The fourth-order valence-corrected chi connectivity index (χ4v) is 2.75. The molecule has 1 aliphatic heterocycles. The number of carbonyl (C=O) groups is 1. The lowest BCUT2D eigenvalue weighted by Gasteiger charge is -2.10. The monoisotopic (exact) mass is 350 g/mol. The molecule has 2 atom stereocenters. The van der Waals surface area contributed by atoms with E-state index >= 15 is 0 Å².